The molecule has 16 heavy (non-hydrogen) atoms. The lowest BCUT2D eigenvalue weighted by atomic mass is 10.1. The highest BCUT2D eigenvalue weighted by molar-refractivity contribution is 9.09. The standard InChI is InChI=1S/C10H9Br2NO3/c1-6(14)10(12)7-2-3-9(13(15)16)8(4-7)5-11/h2-4,10H,5H2,1H3. The maximum atomic E-state index is 11.2. The number of halogens is 2. The fraction of sp³-hybridized carbons (Fsp3) is 0.300. The van der Waals surface area contributed by atoms with E-state index in [1.807, 2.05) is 0 Å². The number of rotatable bonds is 4. The molecule has 1 rings (SSSR count). The van der Waals surface area contributed by atoms with Crippen molar-refractivity contribution in [3.63, 3.8) is 0 Å². The average Bonchev–Trinajstić information content (AvgIpc) is 2.26. The minimum atomic E-state index is -0.433. The zero-order valence-electron chi connectivity index (χ0n) is 8.44. The fourth-order valence-electron chi connectivity index (χ4n) is 1.28. The molecule has 0 heterocycles. The van der Waals surface area contributed by atoms with Gasteiger partial charge < -0.3 is 0 Å². The Labute approximate surface area is 109 Å². The lowest BCUT2D eigenvalue weighted by Gasteiger charge is -2.08. The molecule has 6 heteroatoms. The highest BCUT2D eigenvalue weighted by Gasteiger charge is 2.18. The van der Waals surface area contributed by atoms with Crippen LogP contribution >= 0.6 is 31.9 Å². The Bertz CT molecular complexity index is 434. The van der Waals surface area contributed by atoms with E-state index in [1.54, 1.807) is 12.1 Å². The van der Waals surface area contributed by atoms with Gasteiger partial charge >= 0.3 is 0 Å². The summed E-state index contributed by atoms with van der Waals surface area (Å²) in [5.74, 6) is -0.0330. The predicted molar refractivity (Wildman–Crippen MR) is 68.1 cm³/mol. The molecule has 0 bridgehead atoms. The smallest absolute Gasteiger partial charge is 0.273 e. The van der Waals surface area contributed by atoms with Crippen LogP contribution in [-0.2, 0) is 10.1 Å². The zero-order valence-corrected chi connectivity index (χ0v) is 11.6. The van der Waals surface area contributed by atoms with Crippen molar-refractivity contribution in [3.05, 3.63) is 39.4 Å². The number of nitro groups is 1. The van der Waals surface area contributed by atoms with Crippen LogP contribution in [0, 0.1) is 10.1 Å². The summed E-state index contributed by atoms with van der Waals surface area (Å²) in [4.78, 5) is 21.0. The van der Waals surface area contributed by atoms with Crippen LogP contribution in [0.15, 0.2) is 18.2 Å². The Morgan fingerprint density at radius 3 is 2.62 bits per heavy atom. The number of hydrogen-bond donors (Lipinski definition) is 0. The molecule has 0 aromatic heterocycles. The van der Waals surface area contributed by atoms with Crippen molar-refractivity contribution in [3.8, 4) is 0 Å². The molecule has 1 aromatic carbocycles. The van der Waals surface area contributed by atoms with Crippen LogP contribution in [0.25, 0.3) is 0 Å². The number of carbonyl (C=O) groups excluding carboxylic acids is 1. The van der Waals surface area contributed by atoms with E-state index in [9.17, 15) is 14.9 Å². The third kappa shape index (κ3) is 2.89. The summed E-state index contributed by atoms with van der Waals surface area (Å²) in [5.41, 5.74) is 1.35. The van der Waals surface area contributed by atoms with E-state index in [1.165, 1.54) is 13.0 Å². The monoisotopic (exact) mass is 349 g/mol. The maximum absolute atomic E-state index is 11.2. The Morgan fingerprint density at radius 2 is 2.19 bits per heavy atom. The number of benzene rings is 1. The molecule has 1 unspecified atom stereocenters. The van der Waals surface area contributed by atoms with Crippen molar-refractivity contribution < 1.29 is 9.72 Å². The molecule has 4 nitrogen and oxygen atoms in total. The van der Waals surface area contributed by atoms with Crippen LogP contribution < -0.4 is 0 Å². The normalized spacial score (nSPS) is 12.2. The van der Waals surface area contributed by atoms with E-state index in [0.717, 1.165) is 5.56 Å². The lowest BCUT2D eigenvalue weighted by Crippen LogP contribution is -2.02. The molecular weight excluding hydrogens is 342 g/mol. The van der Waals surface area contributed by atoms with Crippen molar-refractivity contribution in [1.29, 1.82) is 0 Å². The first-order chi connectivity index (χ1) is 7.47. The third-order valence-corrected chi connectivity index (χ3v) is 3.87. The maximum Gasteiger partial charge on any atom is 0.273 e. The van der Waals surface area contributed by atoms with Gasteiger partial charge in [0, 0.05) is 17.0 Å². The van der Waals surface area contributed by atoms with Gasteiger partial charge in [-0.15, -0.1) is 0 Å². The van der Waals surface area contributed by atoms with Crippen molar-refractivity contribution in [2.45, 2.75) is 17.1 Å². The van der Waals surface area contributed by atoms with Crippen molar-refractivity contribution in [2.75, 3.05) is 0 Å². The van der Waals surface area contributed by atoms with Crippen LogP contribution in [0.2, 0.25) is 0 Å². The molecule has 0 fully saturated rings. The van der Waals surface area contributed by atoms with Crippen LogP contribution in [0.5, 0.6) is 0 Å². The number of nitro benzene ring substituents is 1. The molecular formula is C10H9Br2NO3. The SMILES string of the molecule is CC(=O)C(Br)c1ccc([N+](=O)[O-])c(CBr)c1. The minimum Gasteiger partial charge on any atom is -0.298 e. The number of Topliss-reactive ketones (excluding diaryl/α,β-unsaturated/α-hetero) is 1. The summed E-state index contributed by atoms with van der Waals surface area (Å²) in [5, 5.41) is 11.1. The molecule has 0 N–H and O–H groups in total. The first-order valence-electron chi connectivity index (χ1n) is 4.45. The van der Waals surface area contributed by atoms with Gasteiger partial charge in [0.05, 0.1) is 9.75 Å². The Hall–Kier alpha value is -0.750. The van der Waals surface area contributed by atoms with E-state index in [2.05, 4.69) is 31.9 Å². The van der Waals surface area contributed by atoms with E-state index >= 15 is 0 Å². The van der Waals surface area contributed by atoms with Crippen molar-refractivity contribution in [1.82, 2.24) is 0 Å². The number of alkyl halides is 2. The van der Waals surface area contributed by atoms with E-state index in [0.29, 0.717) is 10.9 Å². The molecule has 0 aliphatic rings. The van der Waals surface area contributed by atoms with Gasteiger partial charge in [-0.2, -0.15) is 0 Å². The first-order valence-corrected chi connectivity index (χ1v) is 6.48. The van der Waals surface area contributed by atoms with Crippen molar-refractivity contribution >= 4 is 43.3 Å². The van der Waals surface area contributed by atoms with Crippen LogP contribution in [0.4, 0.5) is 5.69 Å². The average molecular weight is 351 g/mol. The molecule has 0 saturated carbocycles. The van der Waals surface area contributed by atoms with Gasteiger partial charge in [-0.3, -0.25) is 14.9 Å². The van der Waals surface area contributed by atoms with Crippen LogP contribution in [0.1, 0.15) is 22.9 Å². The second-order valence-electron chi connectivity index (χ2n) is 3.25. The molecule has 0 aliphatic heterocycles. The third-order valence-electron chi connectivity index (χ3n) is 2.09. The molecule has 0 spiro atoms. The van der Waals surface area contributed by atoms with Gasteiger partial charge in [0.15, 0.2) is 0 Å². The summed E-state index contributed by atoms with van der Waals surface area (Å²) in [6, 6.07) is 4.67. The van der Waals surface area contributed by atoms with Gasteiger partial charge in [0.25, 0.3) is 5.69 Å². The van der Waals surface area contributed by atoms with Crippen molar-refractivity contribution in [2.24, 2.45) is 0 Å². The summed E-state index contributed by atoms with van der Waals surface area (Å²) in [7, 11) is 0. The Morgan fingerprint density at radius 1 is 1.56 bits per heavy atom. The van der Waals surface area contributed by atoms with Gasteiger partial charge in [-0.05, 0) is 18.6 Å². The van der Waals surface area contributed by atoms with Crippen LogP contribution in [0.3, 0.4) is 0 Å². The highest BCUT2D eigenvalue weighted by atomic mass is 79.9. The quantitative estimate of drug-likeness (QED) is 0.474. The molecule has 0 aliphatic carbocycles. The number of nitrogens with zero attached hydrogens (tertiary/aromatic N) is 1. The molecule has 0 amide bonds. The van der Waals surface area contributed by atoms with E-state index in [4.69, 9.17) is 0 Å². The Kier molecular flexibility index (Phi) is 4.61. The molecule has 1 atom stereocenters. The molecule has 86 valence electrons. The summed E-state index contributed by atoms with van der Waals surface area (Å²) in [6.07, 6.45) is 0. The lowest BCUT2D eigenvalue weighted by molar-refractivity contribution is -0.385. The number of carbonyl (C=O) groups is 1. The largest absolute Gasteiger partial charge is 0.298 e. The molecule has 1 aromatic rings. The Balaban J connectivity index is 3.18. The number of hydrogen-bond acceptors (Lipinski definition) is 3. The zero-order chi connectivity index (χ0) is 12.3. The van der Waals surface area contributed by atoms with Gasteiger partial charge in [0.1, 0.15) is 5.78 Å². The second-order valence-corrected chi connectivity index (χ2v) is 4.73. The van der Waals surface area contributed by atoms with Gasteiger partial charge in [0.2, 0.25) is 0 Å². The fourth-order valence-corrected chi connectivity index (χ4v) is 2.02. The second kappa shape index (κ2) is 5.54. The summed E-state index contributed by atoms with van der Waals surface area (Å²) >= 11 is 6.43. The summed E-state index contributed by atoms with van der Waals surface area (Å²) < 4.78 is 0. The summed E-state index contributed by atoms with van der Waals surface area (Å²) in [6.45, 7) is 1.47. The molecule has 0 saturated heterocycles. The number of ketones is 1. The first kappa shape index (κ1) is 13.3. The minimum absolute atomic E-state index is 0.0330. The van der Waals surface area contributed by atoms with Crippen LogP contribution in [-0.4, -0.2) is 10.7 Å². The molecule has 0 radical (unpaired) electrons. The predicted octanol–water partition coefficient (Wildman–Crippen LogP) is 3.51. The highest BCUT2D eigenvalue weighted by Crippen LogP contribution is 2.29. The van der Waals surface area contributed by atoms with Gasteiger partial charge in [-0.1, -0.05) is 37.9 Å². The van der Waals surface area contributed by atoms with E-state index in [-0.39, 0.29) is 11.5 Å². The topological polar surface area (TPSA) is 60.2 Å². The van der Waals surface area contributed by atoms with Gasteiger partial charge in [-0.25, -0.2) is 0 Å². The van der Waals surface area contributed by atoms with E-state index < -0.39 is 9.75 Å².